The molecule has 0 saturated carbocycles. The highest BCUT2D eigenvalue weighted by Crippen LogP contribution is 2.56. The van der Waals surface area contributed by atoms with Gasteiger partial charge in [-0.2, -0.15) is 9.90 Å². The molecule has 0 aromatic heterocycles. The highest BCUT2D eigenvalue weighted by atomic mass is 79.9. The zero-order valence-electron chi connectivity index (χ0n) is 13.0. The van der Waals surface area contributed by atoms with Crippen molar-refractivity contribution in [2.75, 3.05) is 0 Å². The summed E-state index contributed by atoms with van der Waals surface area (Å²) in [4.78, 5) is 0. The van der Waals surface area contributed by atoms with Gasteiger partial charge in [0.1, 0.15) is 23.2 Å². The van der Waals surface area contributed by atoms with Gasteiger partial charge >= 0.3 is 0 Å². The molecular weight excluding hydrogens is 382 g/mol. The molecule has 0 aliphatic heterocycles. The van der Waals surface area contributed by atoms with Crippen molar-refractivity contribution < 1.29 is 17.0 Å². The molecule has 3 rings (SSSR count). The first-order valence-electron chi connectivity index (χ1n) is 7.07. The minimum atomic E-state index is -1.77. The molecule has 0 spiro atoms. The summed E-state index contributed by atoms with van der Waals surface area (Å²) >= 11 is 0. The van der Waals surface area contributed by atoms with E-state index in [-0.39, 0.29) is 26.9 Å². The van der Waals surface area contributed by atoms with Gasteiger partial charge in [0.25, 0.3) is 0 Å². The van der Waals surface area contributed by atoms with Crippen molar-refractivity contribution in [3.63, 3.8) is 0 Å². The standard InChI is InChI=1S/C20H18P.BrH.H3P/c1-2-21(18-12-6-3-7-13-18,19-14-8-4-9-15-19)20-16-10-5-11-17-20;;/h2-17H,1H2;1H;1H3/q+1;;/p-1. The summed E-state index contributed by atoms with van der Waals surface area (Å²) in [5.74, 6) is 2.16. The van der Waals surface area contributed by atoms with E-state index in [1.807, 2.05) is 0 Å². The van der Waals surface area contributed by atoms with Crippen LogP contribution in [0.4, 0.5) is 0 Å². The molecular formula is C20H21BrP2. The fourth-order valence-electron chi connectivity index (χ4n) is 2.75. The second kappa shape index (κ2) is 9.14. The molecule has 0 fully saturated rings. The lowest BCUT2D eigenvalue weighted by atomic mass is 10.4. The van der Waals surface area contributed by atoms with Gasteiger partial charge in [0, 0.05) is 0 Å². The molecule has 0 radical (unpaired) electrons. The third kappa shape index (κ3) is 3.81. The summed E-state index contributed by atoms with van der Waals surface area (Å²) in [6, 6.07) is 32.2. The summed E-state index contributed by atoms with van der Waals surface area (Å²) in [6.45, 7) is 4.21. The van der Waals surface area contributed by atoms with Crippen LogP contribution < -0.4 is 32.9 Å². The van der Waals surface area contributed by atoms with Crippen LogP contribution in [-0.2, 0) is 0 Å². The lowest BCUT2D eigenvalue weighted by Crippen LogP contribution is -3.00. The molecule has 0 heterocycles. The van der Waals surface area contributed by atoms with Crippen LogP contribution in [0.3, 0.4) is 0 Å². The van der Waals surface area contributed by atoms with Crippen molar-refractivity contribution >= 4 is 33.1 Å². The molecule has 3 heteroatoms. The molecule has 0 saturated heterocycles. The highest BCUT2D eigenvalue weighted by Gasteiger charge is 2.42. The lowest BCUT2D eigenvalue weighted by molar-refractivity contribution is -0.00000416. The number of hydrogen-bond acceptors (Lipinski definition) is 0. The Bertz CT molecular complexity index is 616. The Hall–Kier alpha value is -1.26. The average Bonchev–Trinajstić information content (AvgIpc) is 2.59. The molecule has 0 nitrogen and oxygen atoms in total. The van der Waals surface area contributed by atoms with Crippen molar-refractivity contribution in [1.82, 2.24) is 0 Å². The predicted molar refractivity (Wildman–Crippen MR) is 106 cm³/mol. The van der Waals surface area contributed by atoms with Crippen LogP contribution in [0, 0.1) is 0 Å². The Kier molecular flexibility index (Phi) is 7.86. The second-order valence-corrected chi connectivity index (χ2v) is 8.27. The molecule has 3 aromatic carbocycles. The van der Waals surface area contributed by atoms with Gasteiger partial charge in [-0.25, -0.2) is 0 Å². The Morgan fingerprint density at radius 1 is 0.565 bits per heavy atom. The second-order valence-electron chi connectivity index (χ2n) is 4.91. The van der Waals surface area contributed by atoms with Gasteiger partial charge in [-0.3, -0.25) is 0 Å². The van der Waals surface area contributed by atoms with E-state index in [1.54, 1.807) is 0 Å². The molecule has 23 heavy (non-hydrogen) atoms. The first-order chi connectivity index (χ1) is 10.4. The van der Waals surface area contributed by atoms with Crippen molar-refractivity contribution in [1.29, 1.82) is 0 Å². The molecule has 118 valence electrons. The fourth-order valence-corrected chi connectivity index (χ4v) is 6.21. The van der Waals surface area contributed by atoms with Crippen LogP contribution in [-0.4, -0.2) is 0 Å². The Labute approximate surface area is 153 Å². The summed E-state index contributed by atoms with van der Waals surface area (Å²) in [6.07, 6.45) is 0. The molecule has 1 atom stereocenters. The van der Waals surface area contributed by atoms with E-state index in [0.717, 1.165) is 0 Å². The van der Waals surface area contributed by atoms with Crippen LogP contribution in [0.1, 0.15) is 0 Å². The van der Waals surface area contributed by atoms with Gasteiger partial charge in [-0.15, -0.1) is 0 Å². The van der Waals surface area contributed by atoms with Gasteiger partial charge in [0.2, 0.25) is 0 Å². The SMILES string of the molecule is C=C[P+](c1ccccc1)(c1ccccc1)c1ccccc1.P.[Br-]. The average molecular weight is 403 g/mol. The van der Waals surface area contributed by atoms with Crippen molar-refractivity contribution in [3.8, 4) is 0 Å². The minimum Gasteiger partial charge on any atom is -1.00 e. The van der Waals surface area contributed by atoms with Crippen molar-refractivity contribution in [2.45, 2.75) is 0 Å². The quantitative estimate of drug-likeness (QED) is 0.575. The van der Waals surface area contributed by atoms with Crippen LogP contribution >= 0.6 is 17.2 Å². The van der Waals surface area contributed by atoms with Gasteiger partial charge in [0.15, 0.2) is 0 Å². The molecule has 0 aliphatic rings. The third-order valence-electron chi connectivity index (χ3n) is 3.76. The number of rotatable bonds is 4. The molecule has 0 bridgehead atoms. The van der Waals surface area contributed by atoms with E-state index < -0.39 is 7.26 Å². The third-order valence-corrected chi connectivity index (χ3v) is 7.65. The van der Waals surface area contributed by atoms with Gasteiger partial charge < -0.3 is 17.0 Å². The number of hydrogen-bond donors (Lipinski definition) is 0. The van der Waals surface area contributed by atoms with Crippen LogP contribution in [0.15, 0.2) is 103 Å². The van der Waals surface area contributed by atoms with Gasteiger partial charge in [0.05, 0.1) is 5.82 Å². The summed E-state index contributed by atoms with van der Waals surface area (Å²) in [5, 5.41) is 4.03. The van der Waals surface area contributed by atoms with Crippen LogP contribution in [0.25, 0.3) is 0 Å². The number of halogens is 1. The molecule has 0 amide bonds. The van der Waals surface area contributed by atoms with E-state index in [2.05, 4.69) is 103 Å². The summed E-state index contributed by atoms with van der Waals surface area (Å²) < 4.78 is 0. The minimum absolute atomic E-state index is 0. The topological polar surface area (TPSA) is 0 Å². The molecule has 3 aromatic rings. The lowest BCUT2D eigenvalue weighted by Gasteiger charge is -2.23. The van der Waals surface area contributed by atoms with E-state index in [4.69, 9.17) is 0 Å². The largest absolute Gasteiger partial charge is 1.00 e. The van der Waals surface area contributed by atoms with Crippen LogP contribution in [0.2, 0.25) is 0 Å². The van der Waals surface area contributed by atoms with E-state index >= 15 is 0 Å². The highest BCUT2D eigenvalue weighted by molar-refractivity contribution is 7.98. The van der Waals surface area contributed by atoms with E-state index in [0.29, 0.717) is 0 Å². The van der Waals surface area contributed by atoms with Crippen molar-refractivity contribution in [2.24, 2.45) is 0 Å². The zero-order chi connectivity index (χ0) is 14.5. The molecule has 0 aliphatic carbocycles. The molecule has 1 unspecified atom stereocenters. The Morgan fingerprint density at radius 3 is 1.04 bits per heavy atom. The van der Waals surface area contributed by atoms with E-state index in [1.165, 1.54) is 15.9 Å². The van der Waals surface area contributed by atoms with E-state index in [9.17, 15) is 0 Å². The monoisotopic (exact) mass is 402 g/mol. The van der Waals surface area contributed by atoms with Gasteiger partial charge in [-0.05, 0) is 36.4 Å². The van der Waals surface area contributed by atoms with Crippen molar-refractivity contribution in [3.05, 3.63) is 103 Å². The Balaban J connectivity index is 0.00000132. The molecule has 0 N–H and O–H groups in total. The normalized spacial score (nSPS) is 10.1. The first-order valence-corrected chi connectivity index (χ1v) is 8.93. The van der Waals surface area contributed by atoms with Crippen LogP contribution in [0.5, 0.6) is 0 Å². The summed E-state index contributed by atoms with van der Waals surface area (Å²) in [5.41, 5.74) is 0. The van der Waals surface area contributed by atoms with Gasteiger partial charge in [-0.1, -0.05) is 61.2 Å². The smallest absolute Gasteiger partial charge is 0.136 e. The Morgan fingerprint density at radius 2 is 0.826 bits per heavy atom. The number of benzene rings is 3. The maximum Gasteiger partial charge on any atom is 0.136 e. The predicted octanol–water partition coefficient (Wildman–Crippen LogP) is 1.19. The zero-order valence-corrected chi connectivity index (χ0v) is 16.9. The maximum absolute atomic E-state index is 4.21. The fraction of sp³-hybridized carbons (Fsp3) is 0. The first kappa shape index (κ1) is 19.8. The summed E-state index contributed by atoms with van der Waals surface area (Å²) in [7, 11) is -1.77. The maximum atomic E-state index is 4.21.